The summed E-state index contributed by atoms with van der Waals surface area (Å²) in [7, 11) is 2.00. The second-order valence-corrected chi connectivity index (χ2v) is 4.75. The van der Waals surface area contributed by atoms with Crippen molar-refractivity contribution in [3.05, 3.63) is 35.3 Å². The molecule has 0 radical (unpaired) electrons. The van der Waals surface area contributed by atoms with Crippen LogP contribution < -0.4 is 5.32 Å². The molecule has 102 valence electrons. The first-order valence-electron chi connectivity index (χ1n) is 6.66. The predicted octanol–water partition coefficient (Wildman–Crippen LogP) is 2.24. The van der Waals surface area contributed by atoms with Gasteiger partial charge in [-0.1, -0.05) is 6.92 Å². The summed E-state index contributed by atoms with van der Waals surface area (Å²) in [4.78, 5) is 13.6. The Kier molecular flexibility index (Phi) is 4.14. The fraction of sp³-hybridized carbons (Fsp3) is 0.500. The SMILES string of the molecule is CCCNc1nc(C)c(C)nc1Cc1nccn1C. The molecule has 2 aromatic heterocycles. The van der Waals surface area contributed by atoms with Crippen molar-refractivity contribution >= 4 is 5.82 Å². The van der Waals surface area contributed by atoms with Crippen LogP contribution in [0.3, 0.4) is 0 Å². The van der Waals surface area contributed by atoms with E-state index in [9.17, 15) is 0 Å². The summed E-state index contributed by atoms with van der Waals surface area (Å²) in [6.45, 7) is 7.03. The molecule has 2 rings (SSSR count). The molecule has 0 aliphatic carbocycles. The summed E-state index contributed by atoms with van der Waals surface area (Å²) in [5, 5.41) is 3.35. The lowest BCUT2D eigenvalue weighted by Crippen LogP contribution is -2.11. The van der Waals surface area contributed by atoms with Gasteiger partial charge >= 0.3 is 0 Å². The Hall–Kier alpha value is -1.91. The summed E-state index contributed by atoms with van der Waals surface area (Å²) in [5.74, 6) is 1.88. The summed E-state index contributed by atoms with van der Waals surface area (Å²) in [5.41, 5.74) is 2.92. The van der Waals surface area contributed by atoms with E-state index in [-0.39, 0.29) is 0 Å². The minimum absolute atomic E-state index is 0.698. The van der Waals surface area contributed by atoms with Crippen molar-refractivity contribution in [3.8, 4) is 0 Å². The number of imidazole rings is 1. The first kappa shape index (κ1) is 13.5. The van der Waals surface area contributed by atoms with E-state index in [4.69, 9.17) is 0 Å². The molecule has 19 heavy (non-hydrogen) atoms. The van der Waals surface area contributed by atoms with Gasteiger partial charge in [-0.3, -0.25) is 4.98 Å². The lowest BCUT2D eigenvalue weighted by molar-refractivity contribution is 0.802. The van der Waals surface area contributed by atoms with Crippen LogP contribution in [0.2, 0.25) is 0 Å². The van der Waals surface area contributed by atoms with Crippen molar-refractivity contribution in [2.45, 2.75) is 33.6 Å². The largest absolute Gasteiger partial charge is 0.369 e. The van der Waals surface area contributed by atoms with Gasteiger partial charge in [0, 0.05) is 26.0 Å². The van der Waals surface area contributed by atoms with E-state index in [1.165, 1.54) is 0 Å². The fourth-order valence-corrected chi connectivity index (χ4v) is 1.87. The first-order valence-corrected chi connectivity index (χ1v) is 6.66. The maximum Gasteiger partial charge on any atom is 0.148 e. The summed E-state index contributed by atoms with van der Waals surface area (Å²) in [6, 6.07) is 0. The molecule has 2 aromatic rings. The van der Waals surface area contributed by atoms with Crippen LogP contribution in [0.15, 0.2) is 12.4 Å². The summed E-state index contributed by atoms with van der Waals surface area (Å²) in [6.07, 6.45) is 5.52. The molecular weight excluding hydrogens is 238 g/mol. The van der Waals surface area contributed by atoms with Crippen molar-refractivity contribution in [2.24, 2.45) is 7.05 Å². The average molecular weight is 259 g/mol. The number of aromatic nitrogens is 4. The van der Waals surface area contributed by atoms with Crippen LogP contribution >= 0.6 is 0 Å². The Morgan fingerprint density at radius 1 is 1.21 bits per heavy atom. The molecule has 0 saturated heterocycles. The molecule has 0 aromatic carbocycles. The molecule has 5 heteroatoms. The number of hydrogen-bond donors (Lipinski definition) is 1. The van der Waals surface area contributed by atoms with Crippen molar-refractivity contribution in [1.82, 2.24) is 19.5 Å². The van der Waals surface area contributed by atoms with E-state index in [1.807, 2.05) is 37.9 Å². The molecule has 0 aliphatic rings. The Bertz CT molecular complexity index is 559. The van der Waals surface area contributed by atoms with Gasteiger partial charge in [0.05, 0.1) is 23.5 Å². The molecule has 2 heterocycles. The van der Waals surface area contributed by atoms with Gasteiger partial charge in [0.25, 0.3) is 0 Å². The average Bonchev–Trinajstić information content (AvgIpc) is 2.78. The number of rotatable bonds is 5. The minimum atomic E-state index is 0.698. The van der Waals surface area contributed by atoms with Crippen molar-refractivity contribution in [2.75, 3.05) is 11.9 Å². The smallest absolute Gasteiger partial charge is 0.148 e. The maximum atomic E-state index is 4.66. The summed E-state index contributed by atoms with van der Waals surface area (Å²) < 4.78 is 2.01. The van der Waals surface area contributed by atoms with Gasteiger partial charge in [0.1, 0.15) is 11.6 Å². The van der Waals surface area contributed by atoms with E-state index in [2.05, 4.69) is 27.2 Å². The van der Waals surface area contributed by atoms with Gasteiger partial charge in [-0.25, -0.2) is 9.97 Å². The number of hydrogen-bond acceptors (Lipinski definition) is 4. The van der Waals surface area contributed by atoms with E-state index < -0.39 is 0 Å². The van der Waals surface area contributed by atoms with E-state index >= 15 is 0 Å². The second kappa shape index (κ2) is 5.82. The third-order valence-electron chi connectivity index (χ3n) is 3.17. The van der Waals surface area contributed by atoms with Gasteiger partial charge < -0.3 is 9.88 Å². The highest BCUT2D eigenvalue weighted by atomic mass is 15.1. The number of nitrogens with zero attached hydrogens (tertiary/aromatic N) is 4. The van der Waals surface area contributed by atoms with E-state index in [1.54, 1.807) is 0 Å². The molecule has 5 nitrogen and oxygen atoms in total. The molecule has 0 aliphatic heterocycles. The van der Waals surface area contributed by atoms with Gasteiger partial charge in [-0.05, 0) is 20.3 Å². The van der Waals surface area contributed by atoms with E-state index in [0.717, 1.165) is 41.7 Å². The normalized spacial score (nSPS) is 10.7. The van der Waals surface area contributed by atoms with Crippen LogP contribution in [-0.2, 0) is 13.5 Å². The van der Waals surface area contributed by atoms with Gasteiger partial charge in [0.2, 0.25) is 0 Å². The van der Waals surface area contributed by atoms with Crippen molar-refractivity contribution in [3.63, 3.8) is 0 Å². The summed E-state index contributed by atoms with van der Waals surface area (Å²) >= 11 is 0. The minimum Gasteiger partial charge on any atom is -0.369 e. The molecule has 0 amide bonds. The maximum absolute atomic E-state index is 4.66. The van der Waals surface area contributed by atoms with Gasteiger partial charge in [-0.2, -0.15) is 0 Å². The number of nitrogens with one attached hydrogen (secondary N) is 1. The molecule has 0 unspecified atom stereocenters. The van der Waals surface area contributed by atoms with E-state index in [0.29, 0.717) is 6.42 Å². The van der Waals surface area contributed by atoms with Crippen LogP contribution in [0.5, 0.6) is 0 Å². The number of anilines is 1. The zero-order chi connectivity index (χ0) is 13.8. The third kappa shape index (κ3) is 3.10. The van der Waals surface area contributed by atoms with Crippen LogP contribution in [0.25, 0.3) is 0 Å². The second-order valence-electron chi connectivity index (χ2n) is 4.75. The Morgan fingerprint density at radius 2 is 1.95 bits per heavy atom. The molecule has 0 bridgehead atoms. The molecule has 1 N–H and O–H groups in total. The van der Waals surface area contributed by atoms with Crippen molar-refractivity contribution in [1.29, 1.82) is 0 Å². The Morgan fingerprint density at radius 3 is 2.58 bits per heavy atom. The highest BCUT2D eigenvalue weighted by Crippen LogP contribution is 2.16. The first-order chi connectivity index (χ1) is 9.11. The van der Waals surface area contributed by atoms with Gasteiger partial charge in [-0.15, -0.1) is 0 Å². The van der Waals surface area contributed by atoms with Crippen LogP contribution in [0.4, 0.5) is 5.82 Å². The molecular formula is C14H21N5. The Labute approximate surface area is 114 Å². The zero-order valence-corrected chi connectivity index (χ0v) is 12.1. The monoisotopic (exact) mass is 259 g/mol. The highest BCUT2D eigenvalue weighted by molar-refractivity contribution is 5.43. The molecule has 0 saturated carbocycles. The lowest BCUT2D eigenvalue weighted by Gasteiger charge is -2.12. The van der Waals surface area contributed by atoms with Crippen LogP contribution in [0, 0.1) is 13.8 Å². The fourth-order valence-electron chi connectivity index (χ4n) is 1.87. The highest BCUT2D eigenvalue weighted by Gasteiger charge is 2.11. The molecule has 0 spiro atoms. The molecule has 0 fully saturated rings. The quantitative estimate of drug-likeness (QED) is 0.894. The topological polar surface area (TPSA) is 55.6 Å². The van der Waals surface area contributed by atoms with Crippen LogP contribution in [0.1, 0.15) is 36.3 Å². The predicted molar refractivity (Wildman–Crippen MR) is 76.3 cm³/mol. The Balaban J connectivity index is 2.31. The van der Waals surface area contributed by atoms with Crippen LogP contribution in [-0.4, -0.2) is 26.1 Å². The lowest BCUT2D eigenvalue weighted by atomic mass is 10.2. The molecule has 0 atom stereocenters. The van der Waals surface area contributed by atoms with Gasteiger partial charge in [0.15, 0.2) is 0 Å². The standard InChI is InChI=1S/C14H21N5/c1-5-6-16-14-12(17-10(2)11(3)18-14)9-13-15-7-8-19(13)4/h7-8H,5-6,9H2,1-4H3,(H,16,18). The number of aryl methyl sites for hydroxylation is 3. The third-order valence-corrected chi connectivity index (χ3v) is 3.17. The zero-order valence-electron chi connectivity index (χ0n) is 12.1. The van der Waals surface area contributed by atoms with Crippen molar-refractivity contribution < 1.29 is 0 Å².